The van der Waals surface area contributed by atoms with E-state index in [0.29, 0.717) is 17.9 Å². The molecule has 3 N–H and O–H groups in total. The van der Waals surface area contributed by atoms with Crippen molar-refractivity contribution >= 4 is 0 Å². The van der Waals surface area contributed by atoms with Gasteiger partial charge in [0.15, 0.2) is 0 Å². The molecule has 0 radical (unpaired) electrons. The molecule has 0 saturated heterocycles. The first-order chi connectivity index (χ1) is 5.13. The molecule has 0 aliphatic rings. The highest BCUT2D eigenvalue weighted by Gasteiger charge is 2.18. The molecule has 0 aromatic heterocycles. The SMILES string of the molecule is CCC(N)C(CNC)C(C)C. The van der Waals surface area contributed by atoms with E-state index in [1.807, 2.05) is 7.05 Å². The zero-order valence-electron chi connectivity index (χ0n) is 8.22. The maximum atomic E-state index is 5.96. The van der Waals surface area contributed by atoms with Gasteiger partial charge >= 0.3 is 0 Å². The molecular weight excluding hydrogens is 136 g/mol. The van der Waals surface area contributed by atoms with Gasteiger partial charge in [-0.2, -0.15) is 0 Å². The molecule has 0 rings (SSSR count). The fraction of sp³-hybridized carbons (Fsp3) is 1.00. The highest BCUT2D eigenvalue weighted by molar-refractivity contribution is 4.75. The lowest BCUT2D eigenvalue weighted by molar-refractivity contribution is 0.305. The van der Waals surface area contributed by atoms with Crippen molar-refractivity contribution in [3.63, 3.8) is 0 Å². The lowest BCUT2D eigenvalue weighted by atomic mass is 9.87. The minimum Gasteiger partial charge on any atom is -0.327 e. The Labute approximate surface area is 70.5 Å². The quantitative estimate of drug-likeness (QED) is 0.631. The first kappa shape index (κ1) is 10.9. The maximum Gasteiger partial charge on any atom is 0.00791 e. The second kappa shape index (κ2) is 5.56. The summed E-state index contributed by atoms with van der Waals surface area (Å²) in [6.45, 7) is 7.65. The van der Waals surface area contributed by atoms with E-state index in [9.17, 15) is 0 Å². The van der Waals surface area contributed by atoms with Crippen LogP contribution in [-0.4, -0.2) is 19.6 Å². The van der Waals surface area contributed by atoms with Gasteiger partial charge in [-0.3, -0.25) is 0 Å². The number of hydrogen-bond acceptors (Lipinski definition) is 2. The van der Waals surface area contributed by atoms with E-state index in [1.54, 1.807) is 0 Å². The summed E-state index contributed by atoms with van der Waals surface area (Å²) < 4.78 is 0. The average Bonchev–Trinajstić information content (AvgIpc) is 1.98. The van der Waals surface area contributed by atoms with Crippen LogP contribution in [0.25, 0.3) is 0 Å². The molecule has 2 unspecified atom stereocenters. The molecule has 2 heteroatoms. The molecule has 0 bridgehead atoms. The van der Waals surface area contributed by atoms with Crippen LogP contribution >= 0.6 is 0 Å². The lowest BCUT2D eigenvalue weighted by Gasteiger charge is -2.26. The fourth-order valence-electron chi connectivity index (χ4n) is 1.42. The highest BCUT2D eigenvalue weighted by atomic mass is 14.8. The Morgan fingerprint density at radius 2 is 1.91 bits per heavy atom. The molecule has 0 aliphatic carbocycles. The first-order valence-corrected chi connectivity index (χ1v) is 4.53. The Bertz CT molecular complexity index is 91.6. The number of nitrogens with one attached hydrogen (secondary N) is 1. The third-order valence-corrected chi connectivity index (χ3v) is 2.32. The summed E-state index contributed by atoms with van der Waals surface area (Å²) in [5.41, 5.74) is 5.96. The summed E-state index contributed by atoms with van der Waals surface area (Å²) in [6, 6.07) is 0.349. The molecule has 2 nitrogen and oxygen atoms in total. The van der Waals surface area contributed by atoms with E-state index in [0.717, 1.165) is 13.0 Å². The zero-order chi connectivity index (χ0) is 8.85. The van der Waals surface area contributed by atoms with Crippen LogP contribution in [0.4, 0.5) is 0 Å². The van der Waals surface area contributed by atoms with Crippen LogP contribution in [0.15, 0.2) is 0 Å². The van der Waals surface area contributed by atoms with E-state index >= 15 is 0 Å². The molecule has 0 saturated carbocycles. The zero-order valence-corrected chi connectivity index (χ0v) is 8.22. The van der Waals surface area contributed by atoms with E-state index in [4.69, 9.17) is 5.73 Å². The molecule has 2 atom stereocenters. The van der Waals surface area contributed by atoms with Gasteiger partial charge in [-0.1, -0.05) is 20.8 Å². The van der Waals surface area contributed by atoms with Gasteiger partial charge < -0.3 is 11.1 Å². The summed E-state index contributed by atoms with van der Waals surface area (Å²) >= 11 is 0. The van der Waals surface area contributed by atoms with E-state index in [-0.39, 0.29) is 0 Å². The molecular formula is C9H22N2. The van der Waals surface area contributed by atoms with Crippen LogP contribution < -0.4 is 11.1 Å². The predicted molar refractivity (Wildman–Crippen MR) is 50.5 cm³/mol. The highest BCUT2D eigenvalue weighted by Crippen LogP contribution is 2.14. The normalized spacial score (nSPS) is 16.9. The van der Waals surface area contributed by atoms with Crippen LogP contribution in [0.2, 0.25) is 0 Å². The topological polar surface area (TPSA) is 38.0 Å². The molecule has 0 aromatic carbocycles. The Kier molecular flexibility index (Phi) is 5.51. The van der Waals surface area contributed by atoms with E-state index in [2.05, 4.69) is 26.1 Å². The van der Waals surface area contributed by atoms with E-state index in [1.165, 1.54) is 0 Å². The molecule has 0 aromatic rings. The van der Waals surface area contributed by atoms with Crippen molar-refractivity contribution in [3.05, 3.63) is 0 Å². The van der Waals surface area contributed by atoms with Crippen LogP contribution in [0.3, 0.4) is 0 Å². The fourth-order valence-corrected chi connectivity index (χ4v) is 1.42. The van der Waals surface area contributed by atoms with Gasteiger partial charge in [-0.15, -0.1) is 0 Å². The van der Waals surface area contributed by atoms with Crippen molar-refractivity contribution in [1.29, 1.82) is 0 Å². The summed E-state index contributed by atoms with van der Waals surface area (Å²) in [5.74, 6) is 1.29. The second-order valence-electron chi connectivity index (χ2n) is 3.54. The van der Waals surface area contributed by atoms with Crippen LogP contribution in [0.1, 0.15) is 27.2 Å². The third-order valence-electron chi connectivity index (χ3n) is 2.32. The molecule has 0 amide bonds. The second-order valence-corrected chi connectivity index (χ2v) is 3.54. The maximum absolute atomic E-state index is 5.96. The standard InChI is InChI=1S/C9H22N2/c1-5-9(10)8(6-11-4)7(2)3/h7-9,11H,5-6,10H2,1-4H3. The van der Waals surface area contributed by atoms with Crippen molar-refractivity contribution in [2.24, 2.45) is 17.6 Å². The molecule has 0 heterocycles. The minimum atomic E-state index is 0.349. The van der Waals surface area contributed by atoms with E-state index < -0.39 is 0 Å². The van der Waals surface area contributed by atoms with Gasteiger partial charge in [0.25, 0.3) is 0 Å². The average molecular weight is 158 g/mol. The lowest BCUT2D eigenvalue weighted by Crippen LogP contribution is -2.38. The van der Waals surface area contributed by atoms with Gasteiger partial charge in [0.2, 0.25) is 0 Å². The summed E-state index contributed by atoms with van der Waals surface area (Å²) in [4.78, 5) is 0. The van der Waals surface area contributed by atoms with Crippen molar-refractivity contribution in [2.45, 2.75) is 33.2 Å². The van der Waals surface area contributed by atoms with Gasteiger partial charge in [0.05, 0.1) is 0 Å². The van der Waals surface area contributed by atoms with Crippen LogP contribution in [0, 0.1) is 11.8 Å². The van der Waals surface area contributed by atoms with Gasteiger partial charge in [0, 0.05) is 6.04 Å². The van der Waals surface area contributed by atoms with Crippen molar-refractivity contribution < 1.29 is 0 Å². The molecule has 68 valence electrons. The van der Waals surface area contributed by atoms with Gasteiger partial charge in [0.1, 0.15) is 0 Å². The largest absolute Gasteiger partial charge is 0.327 e. The molecule has 0 aliphatic heterocycles. The predicted octanol–water partition coefficient (Wildman–Crippen LogP) is 1.22. The first-order valence-electron chi connectivity index (χ1n) is 4.53. The van der Waals surface area contributed by atoms with Crippen molar-refractivity contribution in [2.75, 3.05) is 13.6 Å². The summed E-state index contributed by atoms with van der Waals surface area (Å²) in [5, 5.41) is 3.18. The Morgan fingerprint density at radius 1 is 1.36 bits per heavy atom. The Morgan fingerprint density at radius 3 is 2.18 bits per heavy atom. The molecule has 0 fully saturated rings. The molecule has 11 heavy (non-hydrogen) atoms. The summed E-state index contributed by atoms with van der Waals surface area (Å²) in [6.07, 6.45) is 1.07. The Hall–Kier alpha value is -0.0800. The smallest absolute Gasteiger partial charge is 0.00791 e. The number of rotatable bonds is 5. The monoisotopic (exact) mass is 158 g/mol. The van der Waals surface area contributed by atoms with Crippen molar-refractivity contribution in [3.8, 4) is 0 Å². The summed E-state index contributed by atoms with van der Waals surface area (Å²) in [7, 11) is 1.98. The van der Waals surface area contributed by atoms with Gasteiger partial charge in [-0.25, -0.2) is 0 Å². The van der Waals surface area contributed by atoms with Crippen LogP contribution in [-0.2, 0) is 0 Å². The molecule has 0 spiro atoms. The van der Waals surface area contributed by atoms with Crippen molar-refractivity contribution in [1.82, 2.24) is 5.32 Å². The third kappa shape index (κ3) is 3.73. The van der Waals surface area contributed by atoms with Gasteiger partial charge in [-0.05, 0) is 31.8 Å². The number of nitrogens with two attached hydrogens (primary N) is 1. The van der Waals surface area contributed by atoms with Crippen LogP contribution in [0.5, 0.6) is 0 Å². The number of hydrogen-bond donors (Lipinski definition) is 2. The Balaban J connectivity index is 3.87. The minimum absolute atomic E-state index is 0.349.